The number of anilines is 2. The summed E-state index contributed by atoms with van der Waals surface area (Å²) in [6.45, 7) is 2.52. The molecule has 0 bridgehead atoms. The Kier molecular flexibility index (Phi) is 3.67. The van der Waals surface area contributed by atoms with Crippen LogP contribution in [0.1, 0.15) is 43.0 Å². The van der Waals surface area contributed by atoms with Crippen LogP contribution in [-0.2, 0) is 0 Å². The largest absolute Gasteiger partial charge is 0.398 e. The molecular weight excluding hydrogens is 212 g/mol. The molecule has 0 heterocycles. The van der Waals surface area contributed by atoms with Gasteiger partial charge in [-0.3, -0.25) is 4.79 Å². The van der Waals surface area contributed by atoms with E-state index in [0.717, 1.165) is 18.2 Å². The standard InChI is InChI=1S/C14H20N2O/c1-10(17)13-7-6-12(9-14(13)15)16-8-2-3-11-4-5-11/h6-7,9,11,16H,2-5,8,15H2,1H3. The van der Waals surface area contributed by atoms with Gasteiger partial charge < -0.3 is 11.1 Å². The van der Waals surface area contributed by atoms with E-state index in [1.165, 1.54) is 32.6 Å². The highest BCUT2D eigenvalue weighted by atomic mass is 16.1. The molecule has 1 aromatic rings. The minimum absolute atomic E-state index is 0.0165. The summed E-state index contributed by atoms with van der Waals surface area (Å²) in [7, 11) is 0. The number of nitrogens with one attached hydrogen (secondary N) is 1. The maximum absolute atomic E-state index is 11.2. The number of nitrogens with two attached hydrogens (primary N) is 1. The lowest BCUT2D eigenvalue weighted by Crippen LogP contribution is -2.04. The van der Waals surface area contributed by atoms with Crippen LogP contribution in [0.5, 0.6) is 0 Å². The van der Waals surface area contributed by atoms with Crippen molar-refractivity contribution in [1.82, 2.24) is 0 Å². The Bertz CT molecular complexity index is 411. The minimum atomic E-state index is 0.0165. The van der Waals surface area contributed by atoms with Gasteiger partial charge in [-0.05, 0) is 43.9 Å². The van der Waals surface area contributed by atoms with Crippen LogP contribution in [0.2, 0.25) is 0 Å². The van der Waals surface area contributed by atoms with Gasteiger partial charge in [0.25, 0.3) is 0 Å². The van der Waals surface area contributed by atoms with Gasteiger partial charge in [0, 0.05) is 23.5 Å². The average Bonchev–Trinajstić information content (AvgIpc) is 3.08. The van der Waals surface area contributed by atoms with E-state index in [4.69, 9.17) is 5.73 Å². The van der Waals surface area contributed by atoms with Gasteiger partial charge in [0.15, 0.2) is 5.78 Å². The summed E-state index contributed by atoms with van der Waals surface area (Å²) in [5.41, 5.74) is 7.99. The van der Waals surface area contributed by atoms with Crippen LogP contribution in [0, 0.1) is 5.92 Å². The van der Waals surface area contributed by atoms with Crippen molar-refractivity contribution in [3.05, 3.63) is 23.8 Å². The molecule has 2 rings (SSSR count). The molecule has 3 N–H and O–H groups in total. The van der Waals surface area contributed by atoms with Crippen molar-refractivity contribution in [2.24, 2.45) is 5.92 Å². The molecule has 0 aliphatic heterocycles. The van der Waals surface area contributed by atoms with Gasteiger partial charge in [-0.15, -0.1) is 0 Å². The number of hydrogen-bond acceptors (Lipinski definition) is 3. The van der Waals surface area contributed by atoms with E-state index >= 15 is 0 Å². The molecule has 0 amide bonds. The number of Topliss-reactive ketones (excluding diaryl/α,β-unsaturated/α-hetero) is 1. The Morgan fingerprint density at radius 3 is 2.82 bits per heavy atom. The lowest BCUT2D eigenvalue weighted by molar-refractivity contribution is 0.101. The molecule has 0 unspecified atom stereocenters. The second kappa shape index (κ2) is 5.21. The lowest BCUT2D eigenvalue weighted by atomic mass is 10.1. The SMILES string of the molecule is CC(=O)c1ccc(NCCCC2CC2)cc1N. The van der Waals surface area contributed by atoms with E-state index in [1.54, 1.807) is 6.07 Å². The summed E-state index contributed by atoms with van der Waals surface area (Å²) in [6, 6.07) is 5.55. The van der Waals surface area contributed by atoms with E-state index < -0.39 is 0 Å². The fourth-order valence-corrected chi connectivity index (χ4v) is 2.02. The normalized spacial score (nSPS) is 14.6. The van der Waals surface area contributed by atoms with E-state index in [0.29, 0.717) is 11.3 Å². The molecule has 0 saturated heterocycles. The summed E-state index contributed by atoms with van der Waals surface area (Å²) < 4.78 is 0. The molecule has 0 spiro atoms. The number of benzene rings is 1. The fraction of sp³-hybridized carbons (Fsp3) is 0.500. The number of carbonyl (C=O) groups is 1. The van der Waals surface area contributed by atoms with Crippen LogP contribution >= 0.6 is 0 Å². The van der Waals surface area contributed by atoms with Crippen LogP contribution in [0.4, 0.5) is 11.4 Å². The molecule has 1 saturated carbocycles. The third-order valence-corrected chi connectivity index (χ3v) is 3.25. The molecule has 3 nitrogen and oxygen atoms in total. The topological polar surface area (TPSA) is 55.1 Å². The Hall–Kier alpha value is -1.51. The van der Waals surface area contributed by atoms with E-state index in [-0.39, 0.29) is 5.78 Å². The van der Waals surface area contributed by atoms with Crippen molar-refractivity contribution < 1.29 is 4.79 Å². The monoisotopic (exact) mass is 232 g/mol. The molecule has 1 aliphatic rings. The molecule has 3 heteroatoms. The van der Waals surface area contributed by atoms with E-state index in [9.17, 15) is 4.79 Å². The molecule has 1 aromatic carbocycles. The Labute approximate surface area is 102 Å². The maximum Gasteiger partial charge on any atom is 0.161 e. The molecule has 92 valence electrons. The van der Waals surface area contributed by atoms with Crippen molar-refractivity contribution in [2.75, 3.05) is 17.6 Å². The highest BCUT2D eigenvalue weighted by molar-refractivity contribution is 5.99. The van der Waals surface area contributed by atoms with Crippen molar-refractivity contribution in [3.8, 4) is 0 Å². The van der Waals surface area contributed by atoms with Gasteiger partial charge in [-0.2, -0.15) is 0 Å². The van der Waals surface area contributed by atoms with Crippen molar-refractivity contribution in [1.29, 1.82) is 0 Å². The second-order valence-corrected chi connectivity index (χ2v) is 4.87. The molecule has 17 heavy (non-hydrogen) atoms. The first-order chi connectivity index (χ1) is 8.16. The van der Waals surface area contributed by atoms with Crippen LogP contribution in [0.25, 0.3) is 0 Å². The summed E-state index contributed by atoms with van der Waals surface area (Å²) in [4.78, 5) is 11.2. The van der Waals surface area contributed by atoms with Gasteiger partial charge in [0.2, 0.25) is 0 Å². The molecule has 0 atom stereocenters. The summed E-state index contributed by atoms with van der Waals surface area (Å²) >= 11 is 0. The Morgan fingerprint density at radius 1 is 1.47 bits per heavy atom. The van der Waals surface area contributed by atoms with Gasteiger partial charge in [0.05, 0.1) is 0 Å². The van der Waals surface area contributed by atoms with Crippen LogP contribution in [0.3, 0.4) is 0 Å². The van der Waals surface area contributed by atoms with Crippen molar-refractivity contribution in [2.45, 2.75) is 32.6 Å². The zero-order valence-electron chi connectivity index (χ0n) is 10.3. The van der Waals surface area contributed by atoms with Gasteiger partial charge in [-0.1, -0.05) is 12.8 Å². The average molecular weight is 232 g/mol. The molecule has 1 fully saturated rings. The number of carbonyl (C=O) groups excluding carboxylic acids is 1. The lowest BCUT2D eigenvalue weighted by Gasteiger charge is -2.08. The van der Waals surface area contributed by atoms with Crippen LogP contribution < -0.4 is 11.1 Å². The smallest absolute Gasteiger partial charge is 0.161 e. The number of hydrogen-bond donors (Lipinski definition) is 2. The predicted octanol–water partition coefficient (Wildman–Crippen LogP) is 3.07. The summed E-state index contributed by atoms with van der Waals surface area (Å²) in [6.07, 6.45) is 5.37. The third-order valence-electron chi connectivity index (χ3n) is 3.25. The van der Waals surface area contributed by atoms with Crippen LogP contribution in [0.15, 0.2) is 18.2 Å². The maximum atomic E-state index is 11.2. The van der Waals surface area contributed by atoms with Crippen molar-refractivity contribution in [3.63, 3.8) is 0 Å². The van der Waals surface area contributed by atoms with Gasteiger partial charge in [-0.25, -0.2) is 0 Å². The summed E-state index contributed by atoms with van der Waals surface area (Å²) in [5, 5.41) is 3.34. The third kappa shape index (κ3) is 3.48. The van der Waals surface area contributed by atoms with E-state index in [2.05, 4.69) is 5.32 Å². The Morgan fingerprint density at radius 2 is 2.24 bits per heavy atom. The van der Waals surface area contributed by atoms with Gasteiger partial charge >= 0.3 is 0 Å². The molecule has 1 aliphatic carbocycles. The number of nitrogen functional groups attached to an aromatic ring is 1. The first kappa shape index (κ1) is 12.0. The second-order valence-electron chi connectivity index (χ2n) is 4.87. The Balaban J connectivity index is 1.83. The van der Waals surface area contributed by atoms with E-state index in [1.807, 2.05) is 12.1 Å². The van der Waals surface area contributed by atoms with Gasteiger partial charge in [0.1, 0.15) is 0 Å². The molecule has 0 aromatic heterocycles. The number of rotatable bonds is 6. The first-order valence-corrected chi connectivity index (χ1v) is 6.31. The highest BCUT2D eigenvalue weighted by Gasteiger charge is 2.19. The van der Waals surface area contributed by atoms with Crippen molar-refractivity contribution >= 4 is 17.2 Å². The minimum Gasteiger partial charge on any atom is -0.398 e. The predicted molar refractivity (Wildman–Crippen MR) is 71.3 cm³/mol. The highest BCUT2D eigenvalue weighted by Crippen LogP contribution is 2.33. The fourth-order valence-electron chi connectivity index (χ4n) is 2.02. The molecule has 0 radical (unpaired) electrons. The zero-order valence-corrected chi connectivity index (χ0v) is 10.3. The summed E-state index contributed by atoms with van der Waals surface area (Å²) in [5.74, 6) is 1.00. The molecular formula is C14H20N2O. The first-order valence-electron chi connectivity index (χ1n) is 6.31. The number of ketones is 1. The zero-order chi connectivity index (χ0) is 12.3. The quantitative estimate of drug-likeness (QED) is 0.450. The van der Waals surface area contributed by atoms with Crippen LogP contribution in [-0.4, -0.2) is 12.3 Å².